The van der Waals surface area contributed by atoms with Crippen molar-refractivity contribution in [1.29, 1.82) is 0 Å². The molecule has 0 aromatic rings. The summed E-state index contributed by atoms with van der Waals surface area (Å²) in [6.07, 6.45) is 1.55. The van der Waals surface area contributed by atoms with Crippen molar-refractivity contribution >= 4 is 12.1 Å². The van der Waals surface area contributed by atoms with Gasteiger partial charge >= 0.3 is 12.1 Å². The summed E-state index contributed by atoms with van der Waals surface area (Å²) in [6, 6.07) is 0.114. The van der Waals surface area contributed by atoms with Gasteiger partial charge in [0, 0.05) is 18.6 Å². The number of rotatable bonds is 5. The van der Waals surface area contributed by atoms with E-state index in [1.54, 1.807) is 4.90 Å². The summed E-state index contributed by atoms with van der Waals surface area (Å²) in [6.45, 7) is 10.7. The number of amides is 1. The van der Waals surface area contributed by atoms with Crippen LogP contribution in [0.1, 0.15) is 47.5 Å². The molecular formula is C15H28N2O4. The zero-order valence-electron chi connectivity index (χ0n) is 13.8. The average Bonchev–Trinajstić information content (AvgIpc) is 2.69. The van der Waals surface area contributed by atoms with E-state index in [1.807, 2.05) is 39.5 Å². The predicted molar refractivity (Wildman–Crippen MR) is 80.3 cm³/mol. The minimum atomic E-state index is -0.824. The van der Waals surface area contributed by atoms with Gasteiger partial charge in [0.2, 0.25) is 0 Å². The van der Waals surface area contributed by atoms with Crippen molar-refractivity contribution in [1.82, 2.24) is 9.80 Å². The lowest BCUT2D eigenvalue weighted by atomic mass is 10.2. The molecule has 0 saturated carbocycles. The Bertz CT molecular complexity index is 376. The van der Waals surface area contributed by atoms with E-state index in [2.05, 4.69) is 0 Å². The summed E-state index contributed by atoms with van der Waals surface area (Å²) >= 11 is 0. The van der Waals surface area contributed by atoms with Gasteiger partial charge in [0.1, 0.15) is 5.60 Å². The van der Waals surface area contributed by atoms with Crippen molar-refractivity contribution in [2.75, 3.05) is 19.6 Å². The highest BCUT2D eigenvalue weighted by Crippen LogP contribution is 2.20. The van der Waals surface area contributed by atoms with Gasteiger partial charge in [-0.15, -0.1) is 0 Å². The first-order chi connectivity index (χ1) is 9.60. The number of likely N-dealkylation sites (tertiary alicyclic amines) is 1. The molecule has 21 heavy (non-hydrogen) atoms. The van der Waals surface area contributed by atoms with Crippen molar-refractivity contribution in [2.45, 2.75) is 65.1 Å². The summed E-state index contributed by atoms with van der Waals surface area (Å²) < 4.78 is 5.44. The van der Waals surface area contributed by atoms with Crippen molar-refractivity contribution in [3.05, 3.63) is 0 Å². The molecule has 1 N–H and O–H groups in total. The highest BCUT2D eigenvalue weighted by atomic mass is 16.6. The minimum absolute atomic E-state index is 0.0205. The Hall–Kier alpha value is -1.30. The SMILES string of the molecule is CC(C)N(CC1CCCN1CC(=O)O)C(=O)OC(C)(C)C. The van der Waals surface area contributed by atoms with Crippen LogP contribution in [0.3, 0.4) is 0 Å². The fourth-order valence-corrected chi connectivity index (χ4v) is 2.53. The Kier molecular flexibility index (Phi) is 6.01. The number of ether oxygens (including phenoxy) is 1. The molecule has 1 saturated heterocycles. The molecule has 0 spiro atoms. The van der Waals surface area contributed by atoms with Gasteiger partial charge in [0.15, 0.2) is 0 Å². The lowest BCUT2D eigenvalue weighted by Crippen LogP contribution is -2.48. The molecule has 1 amide bonds. The first-order valence-electron chi connectivity index (χ1n) is 7.55. The number of nitrogens with zero attached hydrogens (tertiary/aromatic N) is 2. The predicted octanol–water partition coefficient (Wildman–Crippen LogP) is 2.18. The highest BCUT2D eigenvalue weighted by molar-refractivity contribution is 5.69. The topological polar surface area (TPSA) is 70.1 Å². The molecule has 1 aliphatic rings. The quantitative estimate of drug-likeness (QED) is 0.842. The second-order valence-corrected chi connectivity index (χ2v) is 6.89. The highest BCUT2D eigenvalue weighted by Gasteiger charge is 2.32. The molecule has 0 radical (unpaired) electrons. The third-order valence-corrected chi connectivity index (χ3v) is 3.50. The molecule has 1 heterocycles. The monoisotopic (exact) mass is 300 g/mol. The van der Waals surface area contributed by atoms with Gasteiger partial charge in [0.05, 0.1) is 6.54 Å². The molecule has 6 nitrogen and oxygen atoms in total. The summed E-state index contributed by atoms with van der Waals surface area (Å²) in [7, 11) is 0. The van der Waals surface area contributed by atoms with E-state index in [-0.39, 0.29) is 24.7 Å². The second kappa shape index (κ2) is 7.11. The summed E-state index contributed by atoms with van der Waals surface area (Å²) in [5.74, 6) is -0.824. The third-order valence-electron chi connectivity index (χ3n) is 3.50. The normalized spacial score (nSPS) is 19.8. The van der Waals surface area contributed by atoms with Crippen LogP contribution < -0.4 is 0 Å². The van der Waals surface area contributed by atoms with E-state index in [4.69, 9.17) is 9.84 Å². The van der Waals surface area contributed by atoms with Crippen molar-refractivity contribution < 1.29 is 19.4 Å². The van der Waals surface area contributed by atoms with Gasteiger partial charge in [-0.3, -0.25) is 9.69 Å². The molecule has 6 heteroatoms. The second-order valence-electron chi connectivity index (χ2n) is 6.89. The molecule has 1 atom stereocenters. The number of carboxylic acids is 1. The van der Waals surface area contributed by atoms with E-state index in [1.165, 1.54) is 0 Å². The molecular weight excluding hydrogens is 272 g/mol. The van der Waals surface area contributed by atoms with Crippen LogP contribution in [0, 0.1) is 0 Å². The first-order valence-corrected chi connectivity index (χ1v) is 7.55. The van der Waals surface area contributed by atoms with Crippen molar-refractivity contribution in [3.63, 3.8) is 0 Å². The maximum absolute atomic E-state index is 12.3. The molecule has 122 valence electrons. The van der Waals surface area contributed by atoms with E-state index < -0.39 is 11.6 Å². The zero-order chi connectivity index (χ0) is 16.2. The van der Waals surface area contributed by atoms with E-state index in [9.17, 15) is 9.59 Å². The van der Waals surface area contributed by atoms with Gasteiger partial charge in [0.25, 0.3) is 0 Å². The van der Waals surface area contributed by atoms with Gasteiger partial charge < -0.3 is 14.7 Å². The number of aliphatic carboxylic acids is 1. The van der Waals surface area contributed by atoms with Gasteiger partial charge in [-0.05, 0) is 54.0 Å². The molecule has 0 aliphatic carbocycles. The standard InChI is InChI=1S/C15H28N2O4/c1-11(2)17(14(20)21-15(3,4)5)9-12-7-6-8-16(12)10-13(18)19/h11-12H,6-10H2,1-5H3,(H,18,19). The van der Waals surface area contributed by atoms with Crippen LogP contribution in [0.15, 0.2) is 0 Å². The first kappa shape index (κ1) is 17.8. The Morgan fingerprint density at radius 2 is 2.00 bits per heavy atom. The van der Waals surface area contributed by atoms with E-state index in [0.29, 0.717) is 6.54 Å². The molecule has 0 aromatic carbocycles. The lowest BCUT2D eigenvalue weighted by molar-refractivity contribution is -0.138. The van der Waals surface area contributed by atoms with Crippen molar-refractivity contribution in [2.24, 2.45) is 0 Å². The van der Waals surface area contributed by atoms with Crippen LogP contribution in [0.5, 0.6) is 0 Å². The Balaban J connectivity index is 2.69. The third kappa shape index (κ3) is 5.91. The van der Waals surface area contributed by atoms with Crippen LogP contribution in [0.2, 0.25) is 0 Å². The summed E-state index contributed by atoms with van der Waals surface area (Å²) in [4.78, 5) is 26.8. The average molecular weight is 300 g/mol. The van der Waals surface area contributed by atoms with Crippen LogP contribution in [-0.4, -0.2) is 64.3 Å². The number of hydrogen-bond acceptors (Lipinski definition) is 4. The summed E-state index contributed by atoms with van der Waals surface area (Å²) in [5.41, 5.74) is -0.527. The minimum Gasteiger partial charge on any atom is -0.480 e. The summed E-state index contributed by atoms with van der Waals surface area (Å²) in [5, 5.41) is 8.95. The van der Waals surface area contributed by atoms with Crippen LogP contribution in [-0.2, 0) is 9.53 Å². The zero-order valence-corrected chi connectivity index (χ0v) is 13.8. The van der Waals surface area contributed by atoms with Gasteiger partial charge in [-0.25, -0.2) is 4.79 Å². The molecule has 0 aromatic heterocycles. The molecule has 0 bridgehead atoms. The van der Waals surface area contributed by atoms with E-state index in [0.717, 1.165) is 19.4 Å². The lowest BCUT2D eigenvalue weighted by Gasteiger charge is -2.34. The van der Waals surface area contributed by atoms with Crippen molar-refractivity contribution in [3.8, 4) is 0 Å². The Morgan fingerprint density at radius 1 is 1.38 bits per heavy atom. The number of carbonyl (C=O) groups is 2. The smallest absolute Gasteiger partial charge is 0.410 e. The van der Waals surface area contributed by atoms with Gasteiger partial charge in [-0.1, -0.05) is 0 Å². The van der Waals surface area contributed by atoms with E-state index >= 15 is 0 Å². The number of hydrogen-bond donors (Lipinski definition) is 1. The Labute approximate surface area is 127 Å². The Morgan fingerprint density at radius 3 is 2.48 bits per heavy atom. The number of carboxylic acid groups (broad SMARTS) is 1. The molecule has 1 rings (SSSR count). The molecule has 1 fully saturated rings. The molecule has 1 unspecified atom stereocenters. The largest absolute Gasteiger partial charge is 0.480 e. The van der Waals surface area contributed by atoms with Crippen LogP contribution in [0.4, 0.5) is 4.79 Å². The fourth-order valence-electron chi connectivity index (χ4n) is 2.53. The number of carbonyl (C=O) groups excluding carboxylic acids is 1. The maximum Gasteiger partial charge on any atom is 0.410 e. The van der Waals surface area contributed by atoms with Gasteiger partial charge in [-0.2, -0.15) is 0 Å². The fraction of sp³-hybridized carbons (Fsp3) is 0.867. The molecule has 1 aliphatic heterocycles. The van der Waals surface area contributed by atoms with Crippen LogP contribution >= 0.6 is 0 Å². The van der Waals surface area contributed by atoms with Crippen LogP contribution in [0.25, 0.3) is 0 Å². The maximum atomic E-state index is 12.3.